The van der Waals surface area contributed by atoms with Crippen LogP contribution < -0.4 is 37.6 Å². The van der Waals surface area contributed by atoms with Crippen molar-refractivity contribution in [1.29, 1.82) is 0 Å². The third kappa shape index (κ3) is 22.3. The molecule has 0 fully saturated rings. The molecule has 0 aliphatic rings. The number of carbonyl (C=O) groups excluding carboxylic acids is 6. The third-order valence-corrected chi connectivity index (χ3v) is 6.65. The predicted octanol–water partition coefficient (Wildman–Crippen LogP) is 1.34. The second-order valence-corrected chi connectivity index (χ2v) is 11.5. The number of rotatable bonds is 20. The molecule has 6 amide bonds. The highest BCUT2D eigenvalue weighted by molar-refractivity contribution is 5.93. The summed E-state index contributed by atoms with van der Waals surface area (Å²) in [5.41, 5.74) is 6.77. The van der Waals surface area contributed by atoms with Crippen molar-refractivity contribution in [2.24, 2.45) is 11.7 Å². The van der Waals surface area contributed by atoms with Gasteiger partial charge < -0.3 is 37.6 Å². The van der Waals surface area contributed by atoms with Crippen molar-refractivity contribution in [3.63, 3.8) is 0 Å². The van der Waals surface area contributed by atoms with E-state index in [1.807, 2.05) is 32.0 Å². The third-order valence-electron chi connectivity index (χ3n) is 6.65. The van der Waals surface area contributed by atoms with Crippen LogP contribution in [0.1, 0.15) is 70.8 Å². The Balaban J connectivity index is 0.00000277. The van der Waals surface area contributed by atoms with Gasteiger partial charge in [0.15, 0.2) is 0 Å². The zero-order chi connectivity index (χ0) is 36.5. The number of amides is 6. The van der Waals surface area contributed by atoms with Crippen LogP contribution in [0.15, 0.2) is 30.3 Å². The van der Waals surface area contributed by atoms with E-state index in [4.69, 9.17) is 5.73 Å². The molecule has 0 saturated carbocycles. The van der Waals surface area contributed by atoms with Crippen LogP contribution in [-0.2, 0) is 28.8 Å². The highest BCUT2D eigenvalue weighted by Crippen LogP contribution is 2.14. The number of hydrogen-bond donors (Lipinski definition) is 7. The van der Waals surface area contributed by atoms with E-state index in [0.29, 0.717) is 19.4 Å². The second kappa shape index (κ2) is 24.9. The van der Waals surface area contributed by atoms with Crippen LogP contribution >= 0.6 is 0 Å². The maximum absolute atomic E-state index is 12.7. The van der Waals surface area contributed by atoms with E-state index in [9.17, 15) is 41.9 Å². The molecule has 48 heavy (non-hydrogen) atoms. The summed E-state index contributed by atoms with van der Waals surface area (Å²) < 4.78 is 36.9. The van der Waals surface area contributed by atoms with Crippen molar-refractivity contribution in [1.82, 2.24) is 31.9 Å². The average Bonchev–Trinajstić information content (AvgIpc) is 3.03. The van der Waals surface area contributed by atoms with E-state index in [2.05, 4.69) is 45.6 Å². The molecule has 0 heterocycles. The minimum Gasteiger partial charge on any atom is -0.358 e. The number of carbonyl (C=O) groups is 6. The number of nitrogens with one attached hydrogen (secondary N) is 6. The van der Waals surface area contributed by atoms with Crippen LogP contribution in [0.3, 0.4) is 0 Å². The fourth-order valence-electron chi connectivity index (χ4n) is 4.07. The molecule has 0 unspecified atom stereocenters. The summed E-state index contributed by atoms with van der Waals surface area (Å²) in [4.78, 5) is 72.5. The largest absolute Gasteiger partial charge is 0.471 e. The standard InChI is InChI=1S/C25H44F3N7O6.C7H8/c1-16(2)13-18(35-19(36)10-5-4-7-11-29)23(40)33-15-21(38)34-17(22(39)32-14-20(37)30-3)9-6-8-12-31-24(41)25(26,27)28;1-7-5-3-2-4-6-7/h16-18H,4-15,29H2,1-3H3,(H,30,37)(H,31,41)(H,32,39)(H,33,40)(H,34,38)(H,35,36);2-6H,1H3/t17-,18-;/m0./s1. The van der Waals surface area contributed by atoms with Gasteiger partial charge in [0.2, 0.25) is 29.5 Å². The molecule has 13 nitrogen and oxygen atoms in total. The summed E-state index contributed by atoms with van der Waals surface area (Å²) in [6.45, 7) is 5.17. The summed E-state index contributed by atoms with van der Waals surface area (Å²) in [7, 11) is 1.36. The molecular weight excluding hydrogens is 635 g/mol. The van der Waals surface area contributed by atoms with E-state index in [1.165, 1.54) is 12.6 Å². The Morgan fingerprint density at radius 2 is 1.33 bits per heavy atom. The maximum Gasteiger partial charge on any atom is 0.471 e. The molecular formula is C32H52F3N7O6. The van der Waals surface area contributed by atoms with Crippen LogP contribution in [0.2, 0.25) is 0 Å². The lowest BCUT2D eigenvalue weighted by molar-refractivity contribution is -0.173. The van der Waals surface area contributed by atoms with Gasteiger partial charge in [-0.1, -0.05) is 56.2 Å². The molecule has 0 aromatic heterocycles. The highest BCUT2D eigenvalue weighted by Gasteiger charge is 2.38. The summed E-state index contributed by atoms with van der Waals surface area (Å²) in [6.07, 6.45) is -2.04. The summed E-state index contributed by atoms with van der Waals surface area (Å²) in [5.74, 6) is -4.85. The Morgan fingerprint density at radius 1 is 0.750 bits per heavy atom. The Hall–Kier alpha value is -4.21. The van der Waals surface area contributed by atoms with Crippen molar-refractivity contribution < 1.29 is 41.9 Å². The smallest absolute Gasteiger partial charge is 0.358 e. The van der Waals surface area contributed by atoms with Crippen LogP contribution in [0.25, 0.3) is 0 Å². The predicted molar refractivity (Wildman–Crippen MR) is 175 cm³/mol. The van der Waals surface area contributed by atoms with Gasteiger partial charge in [0.25, 0.3) is 0 Å². The molecule has 0 saturated heterocycles. The Kier molecular flexibility index (Phi) is 22.7. The van der Waals surface area contributed by atoms with Crippen molar-refractivity contribution in [2.75, 3.05) is 33.2 Å². The minimum absolute atomic E-state index is 0.0165. The van der Waals surface area contributed by atoms with Gasteiger partial charge in [0.1, 0.15) is 12.1 Å². The lowest BCUT2D eigenvalue weighted by Crippen LogP contribution is -2.53. The van der Waals surface area contributed by atoms with E-state index < -0.39 is 54.3 Å². The van der Waals surface area contributed by atoms with Gasteiger partial charge in [-0.25, -0.2) is 0 Å². The number of aryl methyl sites for hydroxylation is 1. The van der Waals surface area contributed by atoms with Crippen molar-refractivity contribution in [3.8, 4) is 0 Å². The molecule has 2 atom stereocenters. The number of likely N-dealkylation sites (N-methyl/N-ethyl adjacent to an activating group) is 1. The molecule has 272 valence electrons. The van der Waals surface area contributed by atoms with E-state index in [-0.39, 0.29) is 50.6 Å². The number of benzene rings is 1. The molecule has 16 heteroatoms. The zero-order valence-corrected chi connectivity index (χ0v) is 28.3. The molecule has 0 spiro atoms. The van der Waals surface area contributed by atoms with Crippen LogP contribution in [-0.4, -0.2) is 86.9 Å². The fourth-order valence-corrected chi connectivity index (χ4v) is 4.07. The lowest BCUT2D eigenvalue weighted by atomic mass is 10.0. The molecule has 1 aromatic rings. The van der Waals surface area contributed by atoms with Crippen molar-refractivity contribution in [2.45, 2.75) is 90.4 Å². The SMILES string of the molecule is CNC(=O)CNC(=O)[C@H](CCCCNC(=O)C(F)(F)F)NC(=O)CNC(=O)[C@H](CC(C)C)NC(=O)CCCCCN.Cc1ccccc1. The zero-order valence-electron chi connectivity index (χ0n) is 28.3. The molecule has 1 aromatic carbocycles. The van der Waals surface area contributed by atoms with Gasteiger partial charge in [-0.15, -0.1) is 0 Å². The summed E-state index contributed by atoms with van der Waals surface area (Å²) in [6, 6.07) is 8.22. The van der Waals surface area contributed by atoms with Gasteiger partial charge in [0, 0.05) is 20.0 Å². The van der Waals surface area contributed by atoms with E-state index in [0.717, 1.165) is 12.8 Å². The minimum atomic E-state index is -5.01. The Morgan fingerprint density at radius 3 is 1.85 bits per heavy atom. The summed E-state index contributed by atoms with van der Waals surface area (Å²) in [5, 5.41) is 13.9. The molecule has 0 aliphatic carbocycles. The van der Waals surface area contributed by atoms with Crippen LogP contribution in [0.5, 0.6) is 0 Å². The molecule has 0 bridgehead atoms. The number of alkyl halides is 3. The Bertz CT molecular complexity index is 1140. The normalized spacial score (nSPS) is 12.0. The number of hydrogen-bond acceptors (Lipinski definition) is 7. The fraction of sp³-hybridized carbons (Fsp3) is 0.625. The topological polar surface area (TPSA) is 201 Å². The molecule has 0 radical (unpaired) electrons. The van der Waals surface area contributed by atoms with Crippen LogP contribution in [0.4, 0.5) is 13.2 Å². The quantitative estimate of drug-likeness (QED) is 0.100. The highest BCUT2D eigenvalue weighted by atomic mass is 19.4. The average molecular weight is 688 g/mol. The first-order valence-electron chi connectivity index (χ1n) is 16.0. The molecule has 1 rings (SSSR count). The molecule has 8 N–H and O–H groups in total. The van der Waals surface area contributed by atoms with Crippen molar-refractivity contribution in [3.05, 3.63) is 35.9 Å². The van der Waals surface area contributed by atoms with Gasteiger partial charge in [0.05, 0.1) is 13.1 Å². The number of halogens is 3. The summed E-state index contributed by atoms with van der Waals surface area (Å²) >= 11 is 0. The first kappa shape index (κ1) is 43.8. The van der Waals surface area contributed by atoms with E-state index in [1.54, 1.807) is 5.32 Å². The van der Waals surface area contributed by atoms with Gasteiger partial charge >= 0.3 is 12.1 Å². The second-order valence-electron chi connectivity index (χ2n) is 11.5. The Labute approximate surface area is 280 Å². The maximum atomic E-state index is 12.7. The number of nitrogens with two attached hydrogens (primary N) is 1. The first-order chi connectivity index (χ1) is 22.6. The monoisotopic (exact) mass is 687 g/mol. The van der Waals surface area contributed by atoms with Gasteiger partial charge in [-0.2, -0.15) is 13.2 Å². The van der Waals surface area contributed by atoms with Gasteiger partial charge in [-0.3, -0.25) is 28.8 Å². The van der Waals surface area contributed by atoms with Crippen molar-refractivity contribution >= 4 is 35.4 Å². The number of unbranched alkanes of at least 4 members (excludes halogenated alkanes) is 3. The first-order valence-corrected chi connectivity index (χ1v) is 16.0. The van der Waals surface area contributed by atoms with Crippen LogP contribution in [0, 0.1) is 12.8 Å². The molecule has 0 aliphatic heterocycles. The lowest BCUT2D eigenvalue weighted by Gasteiger charge is -2.21. The van der Waals surface area contributed by atoms with E-state index >= 15 is 0 Å². The van der Waals surface area contributed by atoms with Gasteiger partial charge in [-0.05, 0) is 57.9 Å².